The molecular weight excluding hydrogens is 226 g/mol. The minimum absolute atomic E-state index is 0.220. The maximum Gasteiger partial charge on any atom is 0.168 e. The Kier molecular flexibility index (Phi) is 4.32. The summed E-state index contributed by atoms with van der Waals surface area (Å²) in [5.41, 5.74) is 0. The van der Waals surface area contributed by atoms with Crippen molar-refractivity contribution in [3.8, 4) is 0 Å². The largest absolute Gasteiger partial charge is 0.308 e. The number of hydrogen-bond donors (Lipinski definition) is 1. The van der Waals surface area contributed by atoms with E-state index in [0.29, 0.717) is 12.0 Å². The van der Waals surface area contributed by atoms with Gasteiger partial charge in [0.15, 0.2) is 5.82 Å². The summed E-state index contributed by atoms with van der Waals surface area (Å²) in [7, 11) is 0. The lowest BCUT2D eigenvalue weighted by atomic mass is 9.93. The quantitative estimate of drug-likeness (QED) is 0.872. The predicted octanol–water partition coefficient (Wildman–Crippen LogP) is 2.34. The summed E-state index contributed by atoms with van der Waals surface area (Å²) in [5.74, 6) is 2.47. The zero-order valence-corrected chi connectivity index (χ0v) is 11.9. The van der Waals surface area contributed by atoms with Crippen LogP contribution in [0.2, 0.25) is 0 Å². The SMILES string of the molecule is CCNC(C)c1nnnn1C1CCC(CC)C1C. The summed E-state index contributed by atoms with van der Waals surface area (Å²) in [5, 5.41) is 15.7. The first-order valence-corrected chi connectivity index (χ1v) is 7.20. The van der Waals surface area contributed by atoms with Gasteiger partial charge in [0, 0.05) is 0 Å². The Morgan fingerprint density at radius 3 is 2.78 bits per heavy atom. The standard InChI is InChI=1S/C13H25N5/c1-5-11-7-8-12(9(11)3)18-13(15-16-17-18)10(4)14-6-2/h9-12,14H,5-8H2,1-4H3. The van der Waals surface area contributed by atoms with Crippen LogP contribution >= 0.6 is 0 Å². The van der Waals surface area contributed by atoms with E-state index in [9.17, 15) is 0 Å². The molecular formula is C13H25N5. The minimum Gasteiger partial charge on any atom is -0.308 e. The second-order valence-corrected chi connectivity index (χ2v) is 5.43. The Bertz CT molecular complexity index is 375. The second-order valence-electron chi connectivity index (χ2n) is 5.43. The van der Waals surface area contributed by atoms with Gasteiger partial charge in [-0.1, -0.05) is 27.2 Å². The first kappa shape index (κ1) is 13.5. The van der Waals surface area contributed by atoms with E-state index in [0.717, 1.165) is 18.3 Å². The van der Waals surface area contributed by atoms with Crippen LogP contribution in [0.1, 0.15) is 64.9 Å². The zero-order chi connectivity index (χ0) is 13.1. The van der Waals surface area contributed by atoms with Crippen LogP contribution < -0.4 is 5.32 Å². The van der Waals surface area contributed by atoms with Gasteiger partial charge in [0.25, 0.3) is 0 Å². The van der Waals surface area contributed by atoms with Gasteiger partial charge < -0.3 is 5.32 Å². The van der Waals surface area contributed by atoms with E-state index >= 15 is 0 Å². The van der Waals surface area contributed by atoms with Gasteiger partial charge in [-0.25, -0.2) is 4.68 Å². The van der Waals surface area contributed by atoms with E-state index in [2.05, 4.69) is 53.2 Å². The number of rotatable bonds is 5. The highest BCUT2D eigenvalue weighted by atomic mass is 15.6. The van der Waals surface area contributed by atoms with E-state index in [1.165, 1.54) is 19.3 Å². The van der Waals surface area contributed by atoms with Crippen molar-refractivity contribution in [1.29, 1.82) is 0 Å². The number of nitrogens with zero attached hydrogens (tertiary/aromatic N) is 4. The molecule has 102 valence electrons. The Balaban J connectivity index is 2.17. The van der Waals surface area contributed by atoms with Crippen LogP contribution in [0.15, 0.2) is 0 Å². The summed E-state index contributed by atoms with van der Waals surface area (Å²) >= 11 is 0. The van der Waals surface area contributed by atoms with Crippen molar-refractivity contribution in [2.75, 3.05) is 6.54 Å². The topological polar surface area (TPSA) is 55.6 Å². The van der Waals surface area contributed by atoms with Crippen LogP contribution in [0.4, 0.5) is 0 Å². The monoisotopic (exact) mass is 251 g/mol. The van der Waals surface area contributed by atoms with Gasteiger partial charge >= 0.3 is 0 Å². The number of aromatic nitrogens is 4. The molecule has 1 heterocycles. The number of tetrazole rings is 1. The third-order valence-electron chi connectivity index (χ3n) is 4.44. The summed E-state index contributed by atoms with van der Waals surface area (Å²) in [4.78, 5) is 0. The van der Waals surface area contributed by atoms with Crippen molar-refractivity contribution in [2.45, 2.75) is 59.0 Å². The lowest BCUT2D eigenvalue weighted by Crippen LogP contribution is -2.25. The lowest BCUT2D eigenvalue weighted by Gasteiger charge is -2.22. The van der Waals surface area contributed by atoms with Crippen molar-refractivity contribution >= 4 is 0 Å². The van der Waals surface area contributed by atoms with Gasteiger partial charge in [-0.2, -0.15) is 0 Å². The van der Waals surface area contributed by atoms with Gasteiger partial charge in [0.1, 0.15) is 0 Å². The first-order chi connectivity index (χ1) is 8.69. The van der Waals surface area contributed by atoms with Crippen LogP contribution in [0.3, 0.4) is 0 Å². The molecule has 2 rings (SSSR count). The van der Waals surface area contributed by atoms with Crippen LogP contribution in [-0.2, 0) is 0 Å². The van der Waals surface area contributed by atoms with Crippen LogP contribution in [-0.4, -0.2) is 26.8 Å². The molecule has 5 nitrogen and oxygen atoms in total. The van der Waals surface area contributed by atoms with Crippen molar-refractivity contribution in [3.63, 3.8) is 0 Å². The molecule has 0 amide bonds. The Labute approximate surface area is 109 Å². The van der Waals surface area contributed by atoms with Gasteiger partial charge in [-0.05, 0) is 48.6 Å². The average Bonchev–Trinajstić information content (AvgIpc) is 2.95. The molecule has 0 saturated heterocycles. The molecule has 0 spiro atoms. The fourth-order valence-corrected chi connectivity index (χ4v) is 3.26. The van der Waals surface area contributed by atoms with Crippen LogP contribution in [0.5, 0.6) is 0 Å². The highest BCUT2D eigenvalue weighted by Gasteiger charge is 2.35. The molecule has 4 unspecified atom stereocenters. The Morgan fingerprint density at radius 2 is 2.17 bits per heavy atom. The molecule has 1 N–H and O–H groups in total. The van der Waals surface area contributed by atoms with E-state index in [1.54, 1.807) is 0 Å². The number of nitrogens with one attached hydrogen (secondary N) is 1. The van der Waals surface area contributed by atoms with Crippen LogP contribution in [0, 0.1) is 11.8 Å². The Hall–Kier alpha value is -0.970. The second kappa shape index (κ2) is 5.78. The van der Waals surface area contributed by atoms with Gasteiger partial charge in [0.05, 0.1) is 12.1 Å². The van der Waals surface area contributed by atoms with Crippen molar-refractivity contribution in [3.05, 3.63) is 5.82 Å². The summed E-state index contributed by atoms with van der Waals surface area (Å²) < 4.78 is 2.06. The highest BCUT2D eigenvalue weighted by Crippen LogP contribution is 2.41. The van der Waals surface area contributed by atoms with E-state index in [-0.39, 0.29) is 6.04 Å². The van der Waals surface area contributed by atoms with Crippen molar-refractivity contribution in [1.82, 2.24) is 25.5 Å². The molecule has 0 aliphatic heterocycles. The molecule has 5 heteroatoms. The fraction of sp³-hybridized carbons (Fsp3) is 0.923. The molecule has 0 aromatic carbocycles. The van der Waals surface area contributed by atoms with E-state index in [4.69, 9.17) is 0 Å². The smallest absolute Gasteiger partial charge is 0.168 e. The Morgan fingerprint density at radius 1 is 1.39 bits per heavy atom. The molecule has 4 atom stereocenters. The minimum atomic E-state index is 0.220. The summed E-state index contributed by atoms with van der Waals surface area (Å²) in [6.45, 7) is 9.80. The van der Waals surface area contributed by atoms with Gasteiger partial charge in [0.2, 0.25) is 0 Å². The fourth-order valence-electron chi connectivity index (χ4n) is 3.26. The molecule has 1 aromatic heterocycles. The van der Waals surface area contributed by atoms with Crippen LogP contribution in [0.25, 0.3) is 0 Å². The normalized spacial score (nSPS) is 29.7. The first-order valence-electron chi connectivity index (χ1n) is 7.20. The molecule has 0 radical (unpaired) electrons. The predicted molar refractivity (Wildman–Crippen MR) is 71.1 cm³/mol. The molecule has 1 aliphatic carbocycles. The molecule has 1 aromatic rings. The third kappa shape index (κ3) is 2.41. The molecule has 0 bridgehead atoms. The van der Waals surface area contributed by atoms with Crippen molar-refractivity contribution < 1.29 is 0 Å². The highest BCUT2D eigenvalue weighted by molar-refractivity contribution is 4.95. The molecule has 1 aliphatic rings. The molecule has 1 fully saturated rings. The molecule has 1 saturated carbocycles. The van der Waals surface area contributed by atoms with E-state index in [1.807, 2.05) is 0 Å². The summed E-state index contributed by atoms with van der Waals surface area (Å²) in [6.07, 6.45) is 3.77. The summed E-state index contributed by atoms with van der Waals surface area (Å²) in [6, 6.07) is 0.693. The van der Waals surface area contributed by atoms with Crippen molar-refractivity contribution in [2.24, 2.45) is 11.8 Å². The lowest BCUT2D eigenvalue weighted by molar-refractivity contribution is 0.296. The number of hydrogen-bond acceptors (Lipinski definition) is 4. The molecule has 18 heavy (non-hydrogen) atoms. The van der Waals surface area contributed by atoms with Gasteiger partial charge in [-0.15, -0.1) is 5.10 Å². The average molecular weight is 251 g/mol. The maximum atomic E-state index is 4.24. The zero-order valence-electron chi connectivity index (χ0n) is 11.9. The maximum absolute atomic E-state index is 4.24. The van der Waals surface area contributed by atoms with E-state index < -0.39 is 0 Å². The van der Waals surface area contributed by atoms with Gasteiger partial charge in [-0.3, -0.25) is 0 Å². The third-order valence-corrected chi connectivity index (χ3v) is 4.44.